The lowest BCUT2D eigenvalue weighted by Crippen LogP contribution is -2.35. The highest BCUT2D eigenvalue weighted by Crippen LogP contribution is 2.18. The molecule has 5 nitrogen and oxygen atoms in total. The first-order chi connectivity index (χ1) is 9.87. The maximum atomic E-state index is 4.54. The summed E-state index contributed by atoms with van der Waals surface area (Å²) in [4.78, 5) is 11.1. The molecule has 2 aromatic heterocycles. The largest absolute Gasteiger partial charge is 0.352 e. The second-order valence-corrected chi connectivity index (χ2v) is 6.40. The molecule has 0 atom stereocenters. The van der Waals surface area contributed by atoms with Crippen molar-refractivity contribution in [2.75, 3.05) is 11.9 Å². The Morgan fingerprint density at radius 1 is 1.24 bits per heavy atom. The fourth-order valence-electron chi connectivity index (χ4n) is 2.11. The van der Waals surface area contributed by atoms with Crippen molar-refractivity contribution in [3.63, 3.8) is 0 Å². The zero-order chi connectivity index (χ0) is 15.5. The Bertz CT molecular complexity index is 582. The van der Waals surface area contributed by atoms with Crippen LogP contribution in [0.3, 0.4) is 0 Å². The van der Waals surface area contributed by atoms with Gasteiger partial charge >= 0.3 is 0 Å². The number of hydrogen-bond acceptors (Lipinski definition) is 4. The van der Waals surface area contributed by atoms with Crippen LogP contribution in [0.25, 0.3) is 0 Å². The van der Waals surface area contributed by atoms with Crippen LogP contribution in [0.2, 0.25) is 0 Å². The predicted molar refractivity (Wildman–Crippen MR) is 86.1 cm³/mol. The van der Waals surface area contributed by atoms with Gasteiger partial charge in [0.15, 0.2) is 0 Å². The van der Waals surface area contributed by atoms with E-state index in [1.165, 1.54) is 5.56 Å². The number of anilines is 1. The molecule has 0 aliphatic carbocycles. The van der Waals surface area contributed by atoms with E-state index in [1.807, 2.05) is 36.3 Å². The molecule has 0 aromatic carbocycles. The second kappa shape index (κ2) is 6.26. The monoisotopic (exact) mass is 287 g/mol. The highest BCUT2D eigenvalue weighted by molar-refractivity contribution is 5.46. The Labute approximate surface area is 127 Å². The molecular formula is C16H25N5. The summed E-state index contributed by atoms with van der Waals surface area (Å²) in [5, 5.41) is 3.52. The zero-order valence-corrected chi connectivity index (χ0v) is 13.6. The van der Waals surface area contributed by atoms with E-state index in [-0.39, 0.29) is 5.54 Å². The Balaban J connectivity index is 2.13. The number of pyridine rings is 1. The average Bonchev–Trinajstić information content (AvgIpc) is 2.81. The van der Waals surface area contributed by atoms with Crippen LogP contribution in [-0.2, 0) is 20.1 Å². The number of nitrogens with one attached hydrogen (secondary N) is 1. The van der Waals surface area contributed by atoms with Gasteiger partial charge in [0, 0.05) is 50.3 Å². The van der Waals surface area contributed by atoms with Crippen molar-refractivity contribution in [3.8, 4) is 0 Å². The first kappa shape index (κ1) is 15.5. The molecule has 0 unspecified atom stereocenters. The highest BCUT2D eigenvalue weighted by Gasteiger charge is 2.14. The summed E-state index contributed by atoms with van der Waals surface area (Å²) in [6.45, 7) is 8.04. The molecule has 0 aliphatic heterocycles. The summed E-state index contributed by atoms with van der Waals surface area (Å²) in [5.41, 5.74) is 1.29. The zero-order valence-electron chi connectivity index (χ0n) is 13.6. The Hall–Kier alpha value is -1.88. The molecule has 0 saturated heterocycles. The normalized spacial score (nSPS) is 11.7. The number of hydrogen-bond donors (Lipinski definition) is 1. The molecule has 114 valence electrons. The minimum atomic E-state index is 0.0886. The third-order valence-corrected chi connectivity index (χ3v) is 3.34. The van der Waals surface area contributed by atoms with E-state index in [1.54, 1.807) is 0 Å². The number of aromatic nitrogens is 3. The molecule has 5 heteroatoms. The summed E-state index contributed by atoms with van der Waals surface area (Å²) >= 11 is 0. The highest BCUT2D eigenvalue weighted by atomic mass is 15.2. The molecule has 1 N–H and O–H groups in total. The van der Waals surface area contributed by atoms with Crippen LogP contribution < -0.4 is 10.2 Å². The third-order valence-electron chi connectivity index (χ3n) is 3.34. The molecule has 0 aliphatic rings. The third kappa shape index (κ3) is 4.29. The maximum Gasteiger partial charge on any atom is 0.133 e. The van der Waals surface area contributed by atoms with Crippen LogP contribution in [0, 0.1) is 0 Å². The van der Waals surface area contributed by atoms with Crippen molar-refractivity contribution in [1.82, 2.24) is 19.9 Å². The van der Waals surface area contributed by atoms with Crippen molar-refractivity contribution >= 4 is 5.82 Å². The van der Waals surface area contributed by atoms with E-state index in [0.717, 1.165) is 24.7 Å². The molecule has 0 spiro atoms. The molecule has 0 radical (unpaired) electrons. The van der Waals surface area contributed by atoms with Gasteiger partial charge in [-0.15, -0.1) is 0 Å². The van der Waals surface area contributed by atoms with Gasteiger partial charge in [-0.25, -0.2) is 9.97 Å². The number of aryl methyl sites for hydroxylation is 1. The molecule has 2 aromatic rings. The van der Waals surface area contributed by atoms with Crippen LogP contribution in [0.1, 0.15) is 32.2 Å². The molecule has 21 heavy (non-hydrogen) atoms. The Morgan fingerprint density at radius 2 is 2.00 bits per heavy atom. The first-order valence-corrected chi connectivity index (χ1v) is 7.23. The topological polar surface area (TPSA) is 46.0 Å². The first-order valence-electron chi connectivity index (χ1n) is 7.23. The standard InChI is InChI=1S/C16H25N5/c1-16(2,3)19-11-13-7-6-8-18-15(13)21(5)12-14-17-9-10-20(14)4/h6-10,19H,11-12H2,1-5H3. The Kier molecular flexibility index (Phi) is 4.63. The minimum absolute atomic E-state index is 0.0886. The van der Waals surface area contributed by atoms with Crippen LogP contribution in [0.4, 0.5) is 5.82 Å². The molecule has 2 heterocycles. The maximum absolute atomic E-state index is 4.54. The predicted octanol–water partition coefficient (Wildman–Crippen LogP) is 2.34. The lowest BCUT2D eigenvalue weighted by Gasteiger charge is -2.24. The van der Waals surface area contributed by atoms with Crippen LogP contribution in [0.15, 0.2) is 30.7 Å². The summed E-state index contributed by atoms with van der Waals surface area (Å²) in [6.07, 6.45) is 5.62. The smallest absolute Gasteiger partial charge is 0.133 e. The molecule has 2 rings (SSSR count). The van der Waals surface area contributed by atoms with Gasteiger partial charge in [-0.05, 0) is 26.8 Å². The average molecular weight is 287 g/mol. The van der Waals surface area contributed by atoms with Gasteiger partial charge in [-0.1, -0.05) is 6.07 Å². The van der Waals surface area contributed by atoms with E-state index >= 15 is 0 Å². The quantitative estimate of drug-likeness (QED) is 0.917. The van der Waals surface area contributed by atoms with Crippen molar-refractivity contribution < 1.29 is 0 Å². The second-order valence-electron chi connectivity index (χ2n) is 6.40. The van der Waals surface area contributed by atoms with Gasteiger partial charge < -0.3 is 14.8 Å². The summed E-state index contributed by atoms with van der Waals surface area (Å²) in [6, 6.07) is 4.10. The number of nitrogens with zero attached hydrogens (tertiary/aromatic N) is 4. The minimum Gasteiger partial charge on any atom is -0.352 e. The van der Waals surface area contributed by atoms with Crippen molar-refractivity contribution in [2.45, 2.75) is 39.4 Å². The van der Waals surface area contributed by atoms with Crippen molar-refractivity contribution in [2.24, 2.45) is 7.05 Å². The molecule has 0 bridgehead atoms. The van der Waals surface area contributed by atoms with E-state index < -0.39 is 0 Å². The van der Waals surface area contributed by atoms with Crippen molar-refractivity contribution in [3.05, 3.63) is 42.1 Å². The fraction of sp³-hybridized carbons (Fsp3) is 0.500. The molecule has 0 fully saturated rings. The molecule has 0 amide bonds. The lowest BCUT2D eigenvalue weighted by molar-refractivity contribution is 0.424. The van der Waals surface area contributed by atoms with Gasteiger partial charge in [0.2, 0.25) is 0 Å². The summed E-state index contributed by atoms with van der Waals surface area (Å²) in [7, 11) is 4.06. The van der Waals surface area contributed by atoms with E-state index in [2.05, 4.69) is 54.1 Å². The fourth-order valence-corrected chi connectivity index (χ4v) is 2.11. The van der Waals surface area contributed by atoms with E-state index in [0.29, 0.717) is 0 Å². The van der Waals surface area contributed by atoms with Gasteiger partial charge in [0.1, 0.15) is 11.6 Å². The van der Waals surface area contributed by atoms with E-state index in [4.69, 9.17) is 0 Å². The van der Waals surface area contributed by atoms with Gasteiger partial charge in [-0.2, -0.15) is 0 Å². The lowest BCUT2D eigenvalue weighted by atomic mass is 10.1. The van der Waals surface area contributed by atoms with E-state index in [9.17, 15) is 0 Å². The van der Waals surface area contributed by atoms with Gasteiger partial charge in [0.05, 0.1) is 6.54 Å². The summed E-state index contributed by atoms with van der Waals surface area (Å²) in [5.74, 6) is 2.02. The van der Waals surface area contributed by atoms with Gasteiger partial charge in [-0.3, -0.25) is 0 Å². The number of imidazole rings is 1. The molecular weight excluding hydrogens is 262 g/mol. The van der Waals surface area contributed by atoms with Crippen molar-refractivity contribution in [1.29, 1.82) is 0 Å². The van der Waals surface area contributed by atoms with Gasteiger partial charge in [0.25, 0.3) is 0 Å². The van der Waals surface area contributed by atoms with Crippen LogP contribution in [-0.4, -0.2) is 27.1 Å². The Morgan fingerprint density at radius 3 is 2.62 bits per heavy atom. The van der Waals surface area contributed by atoms with Crippen LogP contribution in [0.5, 0.6) is 0 Å². The molecule has 0 saturated carbocycles. The SMILES string of the molecule is CN(Cc1nccn1C)c1ncccc1CNC(C)(C)C. The number of rotatable bonds is 5. The summed E-state index contributed by atoms with van der Waals surface area (Å²) < 4.78 is 2.03. The van der Waals surface area contributed by atoms with Crippen LogP contribution >= 0.6 is 0 Å².